The van der Waals surface area contributed by atoms with E-state index in [0.29, 0.717) is 0 Å². The molecule has 1 amide bonds. The van der Waals surface area contributed by atoms with E-state index in [1.807, 2.05) is 0 Å². The summed E-state index contributed by atoms with van der Waals surface area (Å²) in [6.45, 7) is 17.4. The Labute approximate surface area is 159 Å². The van der Waals surface area contributed by atoms with Crippen LogP contribution in [0.25, 0.3) is 0 Å². The zero-order valence-corrected chi connectivity index (χ0v) is 18.7. The molecule has 1 aliphatic carbocycles. The fourth-order valence-electron chi connectivity index (χ4n) is 4.46. The van der Waals surface area contributed by atoms with Gasteiger partial charge in [0.1, 0.15) is 5.60 Å². The lowest BCUT2D eigenvalue weighted by Gasteiger charge is -2.49. The summed E-state index contributed by atoms with van der Waals surface area (Å²) in [6.07, 6.45) is 3.54. The van der Waals surface area contributed by atoms with Gasteiger partial charge in [-0.25, -0.2) is 0 Å². The van der Waals surface area contributed by atoms with Crippen LogP contribution < -0.4 is 5.32 Å². The summed E-state index contributed by atoms with van der Waals surface area (Å²) in [5.41, 5.74) is -0.341. The zero-order chi connectivity index (χ0) is 19.5. The van der Waals surface area contributed by atoms with Crippen LogP contribution in [0, 0.1) is 5.92 Å². The van der Waals surface area contributed by atoms with Crippen LogP contribution in [0.3, 0.4) is 0 Å². The monoisotopic (exact) mass is 383 g/mol. The minimum atomic E-state index is -1.93. The largest absolute Gasteiger partial charge is 0.413 e. The molecule has 26 heavy (non-hydrogen) atoms. The maximum Gasteiger partial charge on any atom is 0.228 e. The van der Waals surface area contributed by atoms with Crippen molar-refractivity contribution in [1.29, 1.82) is 0 Å². The molecule has 1 unspecified atom stereocenters. The van der Waals surface area contributed by atoms with E-state index in [4.69, 9.17) is 13.9 Å². The first-order chi connectivity index (χ1) is 11.9. The van der Waals surface area contributed by atoms with E-state index < -0.39 is 8.32 Å². The maximum atomic E-state index is 12.5. The second-order valence-electron chi connectivity index (χ2n) is 10.2. The molecule has 0 radical (unpaired) electrons. The number of nitrogens with one attached hydrogen (secondary N) is 1. The molecular weight excluding hydrogens is 346 g/mol. The molecule has 0 spiro atoms. The molecule has 6 atom stereocenters. The molecule has 3 rings (SSSR count). The number of β-lactam (4-membered cyclic amide) rings is 1. The van der Waals surface area contributed by atoms with Crippen molar-refractivity contribution >= 4 is 14.2 Å². The molecule has 0 aromatic heterocycles. The summed E-state index contributed by atoms with van der Waals surface area (Å²) in [4.78, 5) is 12.5. The molecule has 1 saturated carbocycles. The fraction of sp³-hybridized carbons (Fsp3) is 0.950. The second-order valence-corrected chi connectivity index (χ2v) is 14.9. The first-order valence-corrected chi connectivity index (χ1v) is 13.1. The van der Waals surface area contributed by atoms with Gasteiger partial charge in [0, 0.05) is 0 Å². The minimum Gasteiger partial charge on any atom is -0.413 e. The minimum absolute atomic E-state index is 0.00354. The second kappa shape index (κ2) is 6.57. The van der Waals surface area contributed by atoms with Crippen molar-refractivity contribution in [2.75, 3.05) is 0 Å². The lowest BCUT2D eigenvalue weighted by atomic mass is 9.70. The molecule has 3 fully saturated rings. The summed E-state index contributed by atoms with van der Waals surface area (Å²) < 4.78 is 19.0. The molecule has 0 bridgehead atoms. The van der Waals surface area contributed by atoms with Gasteiger partial charge in [-0.15, -0.1) is 0 Å². The fourth-order valence-corrected chi connectivity index (χ4v) is 5.89. The molecule has 2 saturated heterocycles. The maximum absolute atomic E-state index is 12.5. The molecule has 5 nitrogen and oxygen atoms in total. The summed E-state index contributed by atoms with van der Waals surface area (Å²) in [7, 11) is -1.93. The molecule has 6 heteroatoms. The van der Waals surface area contributed by atoms with Crippen LogP contribution in [0.15, 0.2) is 0 Å². The number of epoxide rings is 1. The van der Waals surface area contributed by atoms with Gasteiger partial charge in [0.05, 0.1) is 36.4 Å². The Kier molecular flexibility index (Phi) is 5.13. The molecule has 2 aliphatic heterocycles. The van der Waals surface area contributed by atoms with Gasteiger partial charge in [0.25, 0.3) is 0 Å². The van der Waals surface area contributed by atoms with Gasteiger partial charge >= 0.3 is 0 Å². The van der Waals surface area contributed by atoms with Gasteiger partial charge < -0.3 is 19.2 Å². The smallest absolute Gasteiger partial charge is 0.228 e. The van der Waals surface area contributed by atoms with Crippen LogP contribution in [0.1, 0.15) is 60.8 Å². The van der Waals surface area contributed by atoms with Crippen molar-refractivity contribution in [3.05, 3.63) is 0 Å². The average Bonchev–Trinajstić information content (AvgIpc) is 3.18. The topological polar surface area (TPSA) is 60.1 Å². The summed E-state index contributed by atoms with van der Waals surface area (Å²) in [5.74, 6) is -0.0517. The molecule has 3 aliphatic rings. The van der Waals surface area contributed by atoms with Crippen LogP contribution in [-0.4, -0.2) is 50.3 Å². The normalized spacial score (nSPS) is 38.4. The van der Waals surface area contributed by atoms with E-state index in [-0.39, 0.29) is 52.9 Å². The lowest BCUT2D eigenvalue weighted by Crippen LogP contribution is -2.72. The number of rotatable bonds is 6. The Morgan fingerprint density at radius 1 is 1.23 bits per heavy atom. The Hall–Kier alpha value is -0.433. The Bertz CT molecular complexity index is 559. The highest BCUT2D eigenvalue weighted by Gasteiger charge is 2.73. The third kappa shape index (κ3) is 3.27. The van der Waals surface area contributed by atoms with E-state index in [1.165, 1.54) is 0 Å². The van der Waals surface area contributed by atoms with E-state index in [0.717, 1.165) is 19.3 Å². The van der Waals surface area contributed by atoms with Crippen LogP contribution in [0.4, 0.5) is 0 Å². The van der Waals surface area contributed by atoms with Gasteiger partial charge in [-0.2, -0.15) is 0 Å². The van der Waals surface area contributed by atoms with Crippen molar-refractivity contribution in [3.8, 4) is 0 Å². The number of ether oxygens (including phenoxy) is 2. The van der Waals surface area contributed by atoms with E-state index in [2.05, 4.69) is 60.0 Å². The first kappa shape index (κ1) is 20.3. The van der Waals surface area contributed by atoms with E-state index >= 15 is 0 Å². The molecule has 1 N–H and O–H groups in total. The SMILES string of the molecule is CC(C)OC1CCC[C@H]2O[C@]12[C@@H]1NC(=O)[C@@H]1[C@@H](C)O[Si](C)(C)C(C)(C)C. The van der Waals surface area contributed by atoms with Gasteiger partial charge in [-0.05, 0) is 58.2 Å². The van der Waals surface area contributed by atoms with Crippen molar-refractivity contribution in [2.45, 2.75) is 115 Å². The number of amides is 1. The van der Waals surface area contributed by atoms with Crippen molar-refractivity contribution in [3.63, 3.8) is 0 Å². The molecular formula is C20H37NO4Si. The number of hydrogen-bond acceptors (Lipinski definition) is 4. The number of carbonyl (C=O) groups is 1. The molecule has 0 aromatic carbocycles. The quantitative estimate of drug-likeness (QED) is 0.432. The predicted octanol–water partition coefficient (Wildman–Crippen LogP) is 3.63. The Morgan fingerprint density at radius 3 is 2.42 bits per heavy atom. The predicted molar refractivity (Wildman–Crippen MR) is 105 cm³/mol. The number of fused-ring (bicyclic) bond motifs is 1. The summed E-state index contributed by atoms with van der Waals surface area (Å²) in [6, 6.07) is 0.00354. The summed E-state index contributed by atoms with van der Waals surface area (Å²) >= 11 is 0. The van der Waals surface area contributed by atoms with Crippen LogP contribution >= 0.6 is 0 Å². The molecule has 0 aromatic rings. The van der Waals surface area contributed by atoms with E-state index in [9.17, 15) is 4.79 Å². The van der Waals surface area contributed by atoms with Gasteiger partial charge in [0.15, 0.2) is 8.32 Å². The number of hydrogen-bond donors (Lipinski definition) is 1. The lowest BCUT2D eigenvalue weighted by molar-refractivity contribution is -0.149. The zero-order valence-electron chi connectivity index (χ0n) is 17.7. The Balaban J connectivity index is 1.76. The third-order valence-electron chi connectivity index (χ3n) is 6.90. The first-order valence-electron chi connectivity index (χ1n) is 10.2. The highest BCUT2D eigenvalue weighted by Crippen LogP contribution is 2.55. The number of carbonyl (C=O) groups excluding carboxylic acids is 1. The van der Waals surface area contributed by atoms with Gasteiger partial charge in [-0.3, -0.25) is 4.79 Å². The Morgan fingerprint density at radius 2 is 1.88 bits per heavy atom. The molecule has 150 valence electrons. The highest BCUT2D eigenvalue weighted by molar-refractivity contribution is 6.74. The van der Waals surface area contributed by atoms with Gasteiger partial charge in [0.2, 0.25) is 5.91 Å². The third-order valence-corrected chi connectivity index (χ3v) is 11.5. The van der Waals surface area contributed by atoms with Crippen LogP contribution in [0.5, 0.6) is 0 Å². The van der Waals surface area contributed by atoms with Crippen LogP contribution in [0.2, 0.25) is 18.1 Å². The van der Waals surface area contributed by atoms with Gasteiger partial charge in [-0.1, -0.05) is 20.8 Å². The van der Waals surface area contributed by atoms with Crippen LogP contribution in [-0.2, 0) is 18.7 Å². The van der Waals surface area contributed by atoms with E-state index in [1.54, 1.807) is 0 Å². The molecule has 2 heterocycles. The van der Waals surface area contributed by atoms with Crippen molar-refractivity contribution in [1.82, 2.24) is 5.32 Å². The summed E-state index contributed by atoms with van der Waals surface area (Å²) in [5, 5.41) is 3.27. The van der Waals surface area contributed by atoms with Crippen molar-refractivity contribution < 1.29 is 18.7 Å². The van der Waals surface area contributed by atoms with Crippen molar-refractivity contribution in [2.24, 2.45) is 5.92 Å². The highest BCUT2D eigenvalue weighted by atomic mass is 28.4. The average molecular weight is 384 g/mol. The standard InChI is InChI=1S/C20H37NO4Si/c1-12(2)23-14-10-9-11-15-20(14,24-15)17-16(18(22)21-17)13(3)25-26(7,8)19(4,5)6/h12-17H,9-11H2,1-8H3,(H,21,22)/t13-,14?,15-,16-,17-,20-/m1/s1.